The smallest absolute Gasteiger partial charge is 0.303 e. The van der Waals surface area contributed by atoms with Crippen molar-refractivity contribution in [1.29, 1.82) is 0 Å². The van der Waals surface area contributed by atoms with Gasteiger partial charge >= 0.3 is 5.97 Å². The molecule has 2 rings (SSSR count). The summed E-state index contributed by atoms with van der Waals surface area (Å²) in [7, 11) is 0. The number of carboxylic acid groups (broad SMARTS) is 1. The van der Waals surface area contributed by atoms with Crippen molar-refractivity contribution >= 4 is 11.9 Å². The zero-order chi connectivity index (χ0) is 12.5. The van der Waals surface area contributed by atoms with Crippen LogP contribution in [0.25, 0.3) is 0 Å². The molecule has 2 aliphatic rings. The van der Waals surface area contributed by atoms with Crippen molar-refractivity contribution < 1.29 is 14.7 Å². The Labute approximate surface area is 101 Å². The molecule has 0 radical (unpaired) electrons. The van der Waals surface area contributed by atoms with Crippen LogP contribution in [0.4, 0.5) is 0 Å². The minimum Gasteiger partial charge on any atom is -0.481 e. The van der Waals surface area contributed by atoms with Gasteiger partial charge < -0.3 is 16.2 Å². The maximum atomic E-state index is 11.6. The van der Waals surface area contributed by atoms with Crippen LogP contribution < -0.4 is 11.1 Å². The van der Waals surface area contributed by atoms with E-state index in [1.54, 1.807) is 0 Å². The van der Waals surface area contributed by atoms with Crippen molar-refractivity contribution in [3.63, 3.8) is 0 Å². The van der Waals surface area contributed by atoms with E-state index in [2.05, 4.69) is 5.32 Å². The standard InChI is InChI=1S/C12H20N2O3/c13-9(3-4-10(15)16)11(17)14-7-12(5-6-12)8-1-2-8/h8-9H,1-7,13H2,(H,14,17)(H,15,16). The number of carbonyl (C=O) groups excluding carboxylic acids is 1. The molecule has 1 amide bonds. The molecule has 0 spiro atoms. The fourth-order valence-corrected chi connectivity index (χ4v) is 2.39. The number of rotatable bonds is 7. The van der Waals surface area contributed by atoms with Gasteiger partial charge in [-0.25, -0.2) is 0 Å². The van der Waals surface area contributed by atoms with E-state index < -0.39 is 12.0 Å². The maximum Gasteiger partial charge on any atom is 0.303 e. The Morgan fingerprint density at radius 2 is 2.06 bits per heavy atom. The van der Waals surface area contributed by atoms with Crippen molar-refractivity contribution in [2.24, 2.45) is 17.1 Å². The first-order chi connectivity index (χ1) is 8.03. The first-order valence-electron chi connectivity index (χ1n) is 6.29. The predicted molar refractivity (Wildman–Crippen MR) is 62.2 cm³/mol. The van der Waals surface area contributed by atoms with Crippen molar-refractivity contribution in [2.45, 2.75) is 44.6 Å². The quantitative estimate of drug-likeness (QED) is 0.603. The molecule has 0 heterocycles. The molecule has 17 heavy (non-hydrogen) atoms. The summed E-state index contributed by atoms with van der Waals surface area (Å²) < 4.78 is 0. The molecule has 0 aromatic rings. The van der Waals surface area contributed by atoms with Crippen molar-refractivity contribution in [3.8, 4) is 0 Å². The van der Waals surface area contributed by atoms with Gasteiger partial charge in [0.25, 0.3) is 0 Å². The summed E-state index contributed by atoms with van der Waals surface area (Å²) in [5.74, 6) is -0.318. The van der Waals surface area contributed by atoms with E-state index in [1.807, 2.05) is 0 Å². The molecule has 0 bridgehead atoms. The molecular weight excluding hydrogens is 220 g/mol. The second kappa shape index (κ2) is 4.64. The third-order valence-electron chi connectivity index (χ3n) is 3.96. The largest absolute Gasteiger partial charge is 0.481 e. The lowest BCUT2D eigenvalue weighted by molar-refractivity contribution is -0.137. The second-order valence-corrected chi connectivity index (χ2v) is 5.39. The number of carbonyl (C=O) groups is 2. The zero-order valence-corrected chi connectivity index (χ0v) is 9.95. The Hall–Kier alpha value is -1.10. The van der Waals surface area contributed by atoms with Crippen LogP contribution in [-0.4, -0.2) is 29.6 Å². The SMILES string of the molecule is NC(CCC(=O)O)C(=O)NCC1(C2CC2)CC1. The lowest BCUT2D eigenvalue weighted by Gasteiger charge is -2.17. The summed E-state index contributed by atoms with van der Waals surface area (Å²) in [6.45, 7) is 0.720. The number of aliphatic carboxylic acids is 1. The molecule has 96 valence electrons. The van der Waals surface area contributed by atoms with Crippen molar-refractivity contribution in [3.05, 3.63) is 0 Å². The highest BCUT2D eigenvalue weighted by Crippen LogP contribution is 2.60. The highest BCUT2D eigenvalue weighted by Gasteiger charge is 2.53. The molecule has 5 heteroatoms. The zero-order valence-electron chi connectivity index (χ0n) is 9.95. The number of carboxylic acids is 1. The Balaban J connectivity index is 1.68. The molecule has 0 saturated heterocycles. The fourth-order valence-electron chi connectivity index (χ4n) is 2.39. The summed E-state index contributed by atoms with van der Waals surface area (Å²) >= 11 is 0. The van der Waals surface area contributed by atoms with Gasteiger partial charge in [-0.3, -0.25) is 9.59 Å². The summed E-state index contributed by atoms with van der Waals surface area (Å²) in [5, 5.41) is 11.4. The summed E-state index contributed by atoms with van der Waals surface area (Å²) in [6, 6.07) is -0.693. The van der Waals surface area contributed by atoms with E-state index in [0.717, 1.165) is 12.5 Å². The predicted octanol–water partition coefficient (Wildman–Crippen LogP) is 0.485. The number of nitrogens with one attached hydrogen (secondary N) is 1. The number of amides is 1. The van der Waals surface area contributed by atoms with Crippen LogP contribution in [0.15, 0.2) is 0 Å². The van der Waals surface area contributed by atoms with Gasteiger partial charge in [-0.1, -0.05) is 0 Å². The molecule has 0 aromatic heterocycles. The van der Waals surface area contributed by atoms with E-state index in [-0.39, 0.29) is 18.7 Å². The van der Waals surface area contributed by atoms with Gasteiger partial charge in [0, 0.05) is 13.0 Å². The van der Waals surface area contributed by atoms with Crippen LogP contribution in [0.5, 0.6) is 0 Å². The minimum atomic E-state index is -0.912. The third kappa shape index (κ3) is 3.19. The molecule has 2 fully saturated rings. The Bertz CT molecular complexity index is 322. The molecule has 2 saturated carbocycles. The number of nitrogens with two attached hydrogens (primary N) is 1. The van der Waals surface area contributed by atoms with E-state index >= 15 is 0 Å². The van der Waals surface area contributed by atoms with Crippen LogP contribution in [0.1, 0.15) is 38.5 Å². The van der Waals surface area contributed by atoms with Gasteiger partial charge in [0.15, 0.2) is 0 Å². The summed E-state index contributed by atoms with van der Waals surface area (Å²) in [4.78, 5) is 22.0. The van der Waals surface area contributed by atoms with Gasteiger partial charge in [0.1, 0.15) is 0 Å². The normalized spacial score (nSPS) is 22.9. The highest BCUT2D eigenvalue weighted by molar-refractivity contribution is 5.82. The molecule has 0 aliphatic heterocycles. The van der Waals surface area contributed by atoms with Crippen LogP contribution >= 0.6 is 0 Å². The molecule has 0 aromatic carbocycles. The van der Waals surface area contributed by atoms with Crippen molar-refractivity contribution in [1.82, 2.24) is 5.32 Å². The summed E-state index contributed by atoms with van der Waals surface area (Å²) in [6.07, 6.45) is 5.16. The average molecular weight is 240 g/mol. The summed E-state index contributed by atoms with van der Waals surface area (Å²) in [5.41, 5.74) is 5.99. The minimum absolute atomic E-state index is 0.0532. The molecule has 2 aliphatic carbocycles. The van der Waals surface area contributed by atoms with Gasteiger partial charge in [-0.2, -0.15) is 0 Å². The molecule has 5 nitrogen and oxygen atoms in total. The Morgan fingerprint density at radius 1 is 1.41 bits per heavy atom. The first-order valence-corrected chi connectivity index (χ1v) is 6.29. The monoisotopic (exact) mass is 240 g/mol. The topological polar surface area (TPSA) is 92.4 Å². The van der Waals surface area contributed by atoms with E-state index in [1.165, 1.54) is 25.7 Å². The van der Waals surface area contributed by atoms with E-state index in [0.29, 0.717) is 5.41 Å². The fraction of sp³-hybridized carbons (Fsp3) is 0.833. The molecular formula is C12H20N2O3. The third-order valence-corrected chi connectivity index (χ3v) is 3.96. The van der Waals surface area contributed by atoms with Crippen molar-refractivity contribution in [2.75, 3.05) is 6.54 Å². The molecule has 1 atom stereocenters. The molecule has 1 unspecified atom stereocenters. The number of hydrogen-bond donors (Lipinski definition) is 3. The first kappa shape index (κ1) is 12.4. The Morgan fingerprint density at radius 3 is 2.53 bits per heavy atom. The maximum absolute atomic E-state index is 11.6. The van der Waals surface area contributed by atoms with E-state index in [9.17, 15) is 9.59 Å². The lowest BCUT2D eigenvalue weighted by Crippen LogP contribution is -2.43. The average Bonchev–Trinajstić information content (AvgIpc) is 3.14. The Kier molecular flexibility index (Phi) is 3.38. The second-order valence-electron chi connectivity index (χ2n) is 5.39. The van der Waals surface area contributed by atoms with Crippen LogP contribution in [0, 0.1) is 11.3 Å². The van der Waals surface area contributed by atoms with Gasteiger partial charge in [-0.05, 0) is 43.4 Å². The van der Waals surface area contributed by atoms with Gasteiger partial charge in [0.2, 0.25) is 5.91 Å². The highest BCUT2D eigenvalue weighted by atomic mass is 16.4. The number of hydrogen-bond acceptors (Lipinski definition) is 3. The van der Waals surface area contributed by atoms with Gasteiger partial charge in [0.05, 0.1) is 6.04 Å². The van der Waals surface area contributed by atoms with Gasteiger partial charge in [-0.15, -0.1) is 0 Å². The van der Waals surface area contributed by atoms with E-state index in [4.69, 9.17) is 10.8 Å². The van der Waals surface area contributed by atoms with Crippen LogP contribution in [-0.2, 0) is 9.59 Å². The van der Waals surface area contributed by atoms with Crippen LogP contribution in [0.2, 0.25) is 0 Å². The lowest BCUT2D eigenvalue weighted by atomic mass is 10.0. The van der Waals surface area contributed by atoms with Crippen LogP contribution in [0.3, 0.4) is 0 Å². The molecule has 4 N–H and O–H groups in total.